The van der Waals surface area contributed by atoms with Gasteiger partial charge in [-0.3, -0.25) is 14.6 Å². The summed E-state index contributed by atoms with van der Waals surface area (Å²) < 4.78 is 9.68. The largest absolute Gasteiger partial charge is 0.506 e. The molecule has 98 valence electrons. The number of esters is 2. The molecule has 1 rings (SSSR count). The number of carbonyl (C=O) groups excluding carboxylic acids is 2. The molecule has 18 heavy (non-hydrogen) atoms. The zero-order chi connectivity index (χ0) is 13.7. The second kappa shape index (κ2) is 6.00. The summed E-state index contributed by atoms with van der Waals surface area (Å²) in [6, 6.07) is 0. The Morgan fingerprint density at radius 1 is 1.22 bits per heavy atom. The summed E-state index contributed by atoms with van der Waals surface area (Å²) in [5.74, 6) is -0.947. The van der Waals surface area contributed by atoms with Gasteiger partial charge in [0.2, 0.25) is 0 Å². The Morgan fingerprint density at radius 2 is 1.78 bits per heavy atom. The maximum absolute atomic E-state index is 10.8. The Bertz CT molecular complexity index is 470. The van der Waals surface area contributed by atoms with Crippen molar-refractivity contribution in [1.82, 2.24) is 4.98 Å². The number of carbonyl (C=O) groups is 2. The highest BCUT2D eigenvalue weighted by molar-refractivity contribution is 5.66. The molecule has 0 aliphatic carbocycles. The minimum atomic E-state index is -0.456. The van der Waals surface area contributed by atoms with E-state index in [2.05, 4.69) is 4.98 Å². The Hall–Kier alpha value is -2.11. The molecular weight excluding hydrogens is 238 g/mol. The summed E-state index contributed by atoms with van der Waals surface area (Å²) in [5, 5.41) is 9.86. The molecule has 1 N–H and O–H groups in total. The summed E-state index contributed by atoms with van der Waals surface area (Å²) >= 11 is 0. The molecule has 0 unspecified atom stereocenters. The first kappa shape index (κ1) is 14.0. The lowest BCUT2D eigenvalue weighted by Crippen LogP contribution is -2.07. The fourth-order valence-electron chi connectivity index (χ4n) is 1.32. The standard InChI is InChI=1S/C12H15NO5/c1-7-12(16)11(6-18-9(3)15)10(4-13-7)5-17-8(2)14/h4,16H,5-6H2,1-3H3. The quantitative estimate of drug-likeness (QED) is 0.812. The average molecular weight is 253 g/mol. The molecule has 0 fully saturated rings. The smallest absolute Gasteiger partial charge is 0.302 e. The van der Waals surface area contributed by atoms with Crippen molar-refractivity contribution in [3.8, 4) is 5.75 Å². The summed E-state index contributed by atoms with van der Waals surface area (Å²) in [6.45, 7) is 4.08. The molecule has 0 amide bonds. The Morgan fingerprint density at radius 3 is 2.33 bits per heavy atom. The Labute approximate surface area is 105 Å². The van der Waals surface area contributed by atoms with Crippen LogP contribution in [0, 0.1) is 6.92 Å². The van der Waals surface area contributed by atoms with Crippen LogP contribution >= 0.6 is 0 Å². The minimum absolute atomic E-state index is 0.0211. The molecule has 0 saturated carbocycles. The predicted octanol–water partition coefficient (Wildman–Crippen LogP) is 1.22. The molecule has 1 aromatic heterocycles. The van der Waals surface area contributed by atoms with Crippen LogP contribution in [0.4, 0.5) is 0 Å². The molecule has 0 bridgehead atoms. The second-order valence-electron chi connectivity index (χ2n) is 3.76. The lowest BCUT2D eigenvalue weighted by atomic mass is 10.1. The molecule has 0 radical (unpaired) electrons. The highest BCUT2D eigenvalue weighted by atomic mass is 16.5. The van der Waals surface area contributed by atoms with Gasteiger partial charge < -0.3 is 14.6 Å². The van der Waals surface area contributed by atoms with Crippen LogP contribution in [-0.4, -0.2) is 22.0 Å². The maximum Gasteiger partial charge on any atom is 0.302 e. The first-order valence-electron chi connectivity index (χ1n) is 5.35. The molecule has 1 heterocycles. The van der Waals surface area contributed by atoms with Gasteiger partial charge in [0.25, 0.3) is 0 Å². The van der Waals surface area contributed by atoms with Gasteiger partial charge >= 0.3 is 11.9 Å². The number of pyridine rings is 1. The molecule has 0 aliphatic heterocycles. The SMILES string of the molecule is CC(=O)OCc1cnc(C)c(O)c1COC(C)=O. The van der Waals surface area contributed by atoms with E-state index in [-0.39, 0.29) is 19.0 Å². The highest BCUT2D eigenvalue weighted by Gasteiger charge is 2.14. The molecular formula is C12H15NO5. The van der Waals surface area contributed by atoms with Crippen molar-refractivity contribution in [3.05, 3.63) is 23.0 Å². The van der Waals surface area contributed by atoms with Gasteiger partial charge in [0, 0.05) is 31.2 Å². The van der Waals surface area contributed by atoms with E-state index >= 15 is 0 Å². The summed E-state index contributed by atoms with van der Waals surface area (Å²) in [7, 11) is 0. The van der Waals surface area contributed by atoms with Gasteiger partial charge in [0.05, 0.1) is 5.69 Å². The molecule has 0 aromatic carbocycles. The second-order valence-corrected chi connectivity index (χ2v) is 3.76. The number of ether oxygens (including phenoxy) is 2. The molecule has 0 atom stereocenters. The van der Waals surface area contributed by atoms with Gasteiger partial charge in [0.1, 0.15) is 19.0 Å². The zero-order valence-corrected chi connectivity index (χ0v) is 10.5. The van der Waals surface area contributed by atoms with E-state index in [0.29, 0.717) is 16.8 Å². The van der Waals surface area contributed by atoms with E-state index in [0.717, 1.165) is 0 Å². The number of hydrogen-bond acceptors (Lipinski definition) is 6. The number of aromatic nitrogens is 1. The Balaban J connectivity index is 2.96. The van der Waals surface area contributed by atoms with Crippen LogP contribution in [0.5, 0.6) is 5.75 Å². The van der Waals surface area contributed by atoms with E-state index in [9.17, 15) is 14.7 Å². The van der Waals surface area contributed by atoms with E-state index in [1.807, 2.05) is 0 Å². The lowest BCUT2D eigenvalue weighted by molar-refractivity contribution is -0.144. The van der Waals surface area contributed by atoms with Crippen LogP contribution < -0.4 is 0 Å². The van der Waals surface area contributed by atoms with Gasteiger partial charge in [-0.15, -0.1) is 0 Å². The van der Waals surface area contributed by atoms with Crippen molar-refractivity contribution in [2.24, 2.45) is 0 Å². The van der Waals surface area contributed by atoms with Crippen LogP contribution in [0.25, 0.3) is 0 Å². The number of rotatable bonds is 4. The molecule has 6 nitrogen and oxygen atoms in total. The Kier molecular flexibility index (Phi) is 4.65. The first-order valence-corrected chi connectivity index (χ1v) is 5.35. The van der Waals surface area contributed by atoms with Crippen molar-refractivity contribution in [1.29, 1.82) is 0 Å². The van der Waals surface area contributed by atoms with E-state index < -0.39 is 11.9 Å². The van der Waals surface area contributed by atoms with Gasteiger partial charge in [-0.05, 0) is 6.92 Å². The predicted molar refractivity (Wildman–Crippen MR) is 61.6 cm³/mol. The van der Waals surface area contributed by atoms with Crippen LogP contribution in [-0.2, 0) is 32.3 Å². The van der Waals surface area contributed by atoms with Gasteiger partial charge in [-0.2, -0.15) is 0 Å². The van der Waals surface area contributed by atoms with Crippen LogP contribution in [0.15, 0.2) is 6.20 Å². The zero-order valence-electron chi connectivity index (χ0n) is 10.5. The van der Waals surface area contributed by atoms with Crippen molar-refractivity contribution in [3.63, 3.8) is 0 Å². The molecule has 0 aliphatic rings. The van der Waals surface area contributed by atoms with Gasteiger partial charge in [-0.25, -0.2) is 0 Å². The van der Waals surface area contributed by atoms with Crippen LogP contribution in [0.2, 0.25) is 0 Å². The maximum atomic E-state index is 10.8. The fraction of sp³-hybridized carbons (Fsp3) is 0.417. The van der Waals surface area contributed by atoms with E-state index in [1.165, 1.54) is 20.0 Å². The summed E-state index contributed by atoms with van der Waals surface area (Å²) in [6.07, 6.45) is 1.48. The summed E-state index contributed by atoms with van der Waals surface area (Å²) in [5.41, 5.74) is 1.33. The molecule has 0 spiro atoms. The van der Waals surface area contributed by atoms with Crippen LogP contribution in [0.1, 0.15) is 30.7 Å². The first-order chi connectivity index (χ1) is 8.41. The topological polar surface area (TPSA) is 85.7 Å². The van der Waals surface area contributed by atoms with Crippen molar-refractivity contribution in [2.45, 2.75) is 34.0 Å². The lowest BCUT2D eigenvalue weighted by Gasteiger charge is -2.12. The average Bonchev–Trinajstić information content (AvgIpc) is 2.29. The van der Waals surface area contributed by atoms with E-state index in [4.69, 9.17) is 9.47 Å². The van der Waals surface area contributed by atoms with Crippen molar-refractivity contribution < 1.29 is 24.2 Å². The number of aryl methyl sites for hydroxylation is 1. The number of nitrogens with zero attached hydrogens (tertiary/aromatic N) is 1. The van der Waals surface area contributed by atoms with E-state index in [1.54, 1.807) is 6.92 Å². The van der Waals surface area contributed by atoms with Gasteiger partial charge in [-0.1, -0.05) is 0 Å². The fourth-order valence-corrected chi connectivity index (χ4v) is 1.32. The number of hydrogen-bond donors (Lipinski definition) is 1. The third-order valence-corrected chi connectivity index (χ3v) is 2.28. The van der Waals surface area contributed by atoms with Gasteiger partial charge in [0.15, 0.2) is 0 Å². The minimum Gasteiger partial charge on any atom is -0.506 e. The summed E-state index contributed by atoms with van der Waals surface area (Å²) in [4.78, 5) is 25.5. The third kappa shape index (κ3) is 3.73. The number of aromatic hydroxyl groups is 1. The monoisotopic (exact) mass is 253 g/mol. The normalized spacial score (nSPS) is 9.94. The molecule has 0 saturated heterocycles. The van der Waals surface area contributed by atoms with Crippen molar-refractivity contribution >= 4 is 11.9 Å². The molecule has 1 aromatic rings. The van der Waals surface area contributed by atoms with Crippen molar-refractivity contribution in [2.75, 3.05) is 0 Å². The molecule has 6 heteroatoms. The highest BCUT2D eigenvalue weighted by Crippen LogP contribution is 2.25. The third-order valence-electron chi connectivity index (χ3n) is 2.28. The van der Waals surface area contributed by atoms with Crippen LogP contribution in [0.3, 0.4) is 0 Å².